The van der Waals surface area contributed by atoms with Crippen LogP contribution >= 0.6 is 0 Å². The van der Waals surface area contributed by atoms with Gasteiger partial charge in [0.25, 0.3) is 0 Å². The van der Waals surface area contributed by atoms with Gasteiger partial charge in [-0.05, 0) is 50.6 Å². The van der Waals surface area contributed by atoms with Crippen LogP contribution in [0.25, 0.3) is 11.0 Å². The lowest BCUT2D eigenvalue weighted by Gasteiger charge is -2.36. The van der Waals surface area contributed by atoms with Crippen LogP contribution < -0.4 is 5.69 Å². The molecule has 24 heavy (non-hydrogen) atoms. The smallest absolute Gasteiger partial charge is 0.306 e. The monoisotopic (exact) mass is 332 g/mol. The summed E-state index contributed by atoms with van der Waals surface area (Å²) in [4.78, 5) is 20.3. The van der Waals surface area contributed by atoms with Gasteiger partial charge < -0.3 is 9.88 Å². The zero-order valence-corrected chi connectivity index (χ0v) is 14.2. The molecule has 2 fully saturated rings. The molecule has 130 valence electrons. The van der Waals surface area contributed by atoms with Gasteiger partial charge in [-0.1, -0.05) is 6.92 Å². The van der Waals surface area contributed by atoms with Crippen molar-refractivity contribution >= 4 is 11.0 Å². The largest absolute Gasteiger partial charge is 0.326 e. The van der Waals surface area contributed by atoms with E-state index in [1.54, 1.807) is 10.6 Å². The number of H-pyrrole nitrogens is 1. The maximum absolute atomic E-state index is 13.6. The molecule has 0 radical (unpaired) electrons. The first-order valence-electron chi connectivity index (χ1n) is 9.02. The number of aromatic amines is 1. The quantitative estimate of drug-likeness (QED) is 0.937. The standard InChI is InChI=1S/C18H25FN4O/c1-2-21-8-5-15(12-21)22-9-6-14(7-10-22)23-17-11-13(19)3-4-16(17)20-18(23)24/h3-4,11,14-15H,2,5-10,12H2,1H3,(H,20,24). The van der Waals surface area contributed by atoms with Crippen LogP contribution in [-0.4, -0.2) is 58.1 Å². The van der Waals surface area contributed by atoms with Crippen LogP contribution in [0.5, 0.6) is 0 Å². The third kappa shape index (κ3) is 2.78. The molecule has 0 aliphatic carbocycles. The number of nitrogens with one attached hydrogen (secondary N) is 1. The van der Waals surface area contributed by atoms with Gasteiger partial charge in [0.15, 0.2) is 0 Å². The van der Waals surface area contributed by atoms with Gasteiger partial charge >= 0.3 is 5.69 Å². The van der Waals surface area contributed by atoms with Crippen LogP contribution in [0.15, 0.2) is 23.0 Å². The van der Waals surface area contributed by atoms with Gasteiger partial charge in [0.05, 0.1) is 11.0 Å². The van der Waals surface area contributed by atoms with Crippen molar-refractivity contribution in [1.82, 2.24) is 19.4 Å². The lowest BCUT2D eigenvalue weighted by molar-refractivity contribution is 0.136. The summed E-state index contributed by atoms with van der Waals surface area (Å²) in [7, 11) is 0. The molecule has 0 spiro atoms. The maximum atomic E-state index is 13.6. The van der Waals surface area contributed by atoms with Gasteiger partial charge in [0, 0.05) is 31.7 Å². The van der Waals surface area contributed by atoms with E-state index >= 15 is 0 Å². The Morgan fingerprint density at radius 2 is 1.92 bits per heavy atom. The van der Waals surface area contributed by atoms with Crippen molar-refractivity contribution in [3.63, 3.8) is 0 Å². The molecule has 4 rings (SSSR count). The number of imidazole rings is 1. The number of likely N-dealkylation sites (tertiary alicyclic amines) is 2. The Kier molecular flexibility index (Phi) is 4.18. The van der Waals surface area contributed by atoms with E-state index in [0.29, 0.717) is 11.6 Å². The Labute approximate surface area is 141 Å². The first-order valence-corrected chi connectivity index (χ1v) is 9.02. The molecule has 5 nitrogen and oxygen atoms in total. The third-order valence-electron chi connectivity index (χ3n) is 5.76. The molecule has 3 heterocycles. The van der Waals surface area contributed by atoms with Crippen LogP contribution in [0.3, 0.4) is 0 Å². The number of fused-ring (bicyclic) bond motifs is 1. The van der Waals surface area contributed by atoms with Crippen molar-refractivity contribution in [3.8, 4) is 0 Å². The molecular weight excluding hydrogens is 307 g/mol. The summed E-state index contributed by atoms with van der Waals surface area (Å²) < 4.78 is 15.4. The van der Waals surface area contributed by atoms with Crippen molar-refractivity contribution in [1.29, 1.82) is 0 Å². The normalized spacial score (nSPS) is 24.2. The van der Waals surface area contributed by atoms with Crippen molar-refractivity contribution in [2.75, 3.05) is 32.7 Å². The Balaban J connectivity index is 1.49. The molecule has 2 saturated heterocycles. The minimum absolute atomic E-state index is 0.118. The summed E-state index contributed by atoms with van der Waals surface area (Å²) >= 11 is 0. The first kappa shape index (κ1) is 15.8. The second kappa shape index (κ2) is 6.33. The highest BCUT2D eigenvalue weighted by molar-refractivity contribution is 5.75. The average molecular weight is 332 g/mol. The van der Waals surface area contributed by atoms with Crippen LogP contribution in [0, 0.1) is 5.82 Å². The summed E-state index contributed by atoms with van der Waals surface area (Å²) in [6, 6.07) is 5.33. The fraction of sp³-hybridized carbons (Fsp3) is 0.611. The number of nitrogens with zero attached hydrogens (tertiary/aromatic N) is 3. The van der Waals surface area contributed by atoms with Crippen LogP contribution in [0.2, 0.25) is 0 Å². The van der Waals surface area contributed by atoms with E-state index in [1.807, 2.05) is 0 Å². The number of benzene rings is 1. The van der Waals surface area contributed by atoms with E-state index in [4.69, 9.17) is 0 Å². The first-order chi connectivity index (χ1) is 11.7. The summed E-state index contributed by atoms with van der Waals surface area (Å²) in [6.45, 7) is 7.74. The molecule has 1 aromatic carbocycles. The van der Waals surface area contributed by atoms with Gasteiger partial charge in [0.1, 0.15) is 5.82 Å². The van der Waals surface area contributed by atoms with Crippen molar-refractivity contribution in [3.05, 3.63) is 34.5 Å². The molecule has 1 N–H and O–H groups in total. The Bertz CT molecular complexity index is 775. The Hall–Kier alpha value is -1.66. The summed E-state index contributed by atoms with van der Waals surface area (Å²) in [6.07, 6.45) is 3.15. The molecule has 1 aromatic heterocycles. The lowest BCUT2D eigenvalue weighted by atomic mass is 10.0. The summed E-state index contributed by atoms with van der Waals surface area (Å²) in [5.41, 5.74) is 1.29. The van der Waals surface area contributed by atoms with Gasteiger partial charge in [-0.15, -0.1) is 0 Å². The molecule has 0 amide bonds. The lowest BCUT2D eigenvalue weighted by Crippen LogP contribution is -2.44. The Morgan fingerprint density at radius 1 is 1.17 bits per heavy atom. The number of aromatic nitrogens is 2. The number of rotatable bonds is 3. The SMILES string of the molecule is CCN1CCC(N2CCC(n3c(=O)[nH]c4ccc(F)cc43)CC2)C1. The molecule has 0 bridgehead atoms. The van der Waals surface area contributed by atoms with E-state index in [-0.39, 0.29) is 17.5 Å². The molecular formula is C18H25FN4O. The number of piperidine rings is 1. The molecule has 2 aliphatic heterocycles. The van der Waals surface area contributed by atoms with Crippen LogP contribution in [-0.2, 0) is 0 Å². The highest BCUT2D eigenvalue weighted by atomic mass is 19.1. The van der Waals surface area contributed by atoms with Gasteiger partial charge in [-0.25, -0.2) is 9.18 Å². The minimum Gasteiger partial charge on any atom is -0.306 e. The van der Waals surface area contributed by atoms with Gasteiger partial charge in [-0.3, -0.25) is 9.47 Å². The number of likely N-dealkylation sites (N-methyl/N-ethyl adjacent to an activating group) is 1. The number of halogens is 1. The second-order valence-electron chi connectivity index (χ2n) is 7.06. The maximum Gasteiger partial charge on any atom is 0.326 e. The summed E-state index contributed by atoms with van der Waals surface area (Å²) in [5, 5.41) is 0. The second-order valence-corrected chi connectivity index (χ2v) is 7.06. The highest BCUT2D eigenvalue weighted by Crippen LogP contribution is 2.28. The predicted molar refractivity (Wildman–Crippen MR) is 92.9 cm³/mol. The van der Waals surface area contributed by atoms with E-state index in [2.05, 4.69) is 21.7 Å². The molecule has 6 heteroatoms. The molecule has 1 unspecified atom stereocenters. The molecule has 2 aromatic rings. The molecule has 2 aliphatic rings. The molecule has 1 atom stereocenters. The van der Waals surface area contributed by atoms with E-state index in [1.165, 1.54) is 31.6 Å². The van der Waals surface area contributed by atoms with Gasteiger partial charge in [-0.2, -0.15) is 0 Å². The van der Waals surface area contributed by atoms with Crippen LogP contribution in [0.4, 0.5) is 4.39 Å². The van der Waals surface area contributed by atoms with E-state index in [0.717, 1.165) is 38.0 Å². The van der Waals surface area contributed by atoms with Gasteiger partial charge in [0.2, 0.25) is 0 Å². The fourth-order valence-corrected chi connectivity index (χ4v) is 4.36. The van der Waals surface area contributed by atoms with Crippen molar-refractivity contribution in [2.45, 2.75) is 38.3 Å². The summed E-state index contributed by atoms with van der Waals surface area (Å²) in [5.74, 6) is -0.293. The zero-order chi connectivity index (χ0) is 16.7. The van der Waals surface area contributed by atoms with Crippen molar-refractivity contribution in [2.24, 2.45) is 0 Å². The zero-order valence-electron chi connectivity index (χ0n) is 14.2. The Morgan fingerprint density at radius 3 is 2.62 bits per heavy atom. The highest BCUT2D eigenvalue weighted by Gasteiger charge is 2.31. The van der Waals surface area contributed by atoms with Crippen LogP contribution in [0.1, 0.15) is 32.2 Å². The molecule has 0 saturated carbocycles. The van der Waals surface area contributed by atoms with E-state index in [9.17, 15) is 9.18 Å². The van der Waals surface area contributed by atoms with E-state index < -0.39 is 0 Å². The minimum atomic E-state index is -0.293. The number of hydrogen-bond acceptors (Lipinski definition) is 3. The third-order valence-corrected chi connectivity index (χ3v) is 5.76. The predicted octanol–water partition coefficient (Wildman–Crippen LogP) is 2.20. The van der Waals surface area contributed by atoms with Crippen molar-refractivity contribution < 1.29 is 4.39 Å². The number of hydrogen-bond donors (Lipinski definition) is 1. The average Bonchev–Trinajstić information content (AvgIpc) is 3.18. The fourth-order valence-electron chi connectivity index (χ4n) is 4.36. The topological polar surface area (TPSA) is 44.3 Å².